The zero-order valence-electron chi connectivity index (χ0n) is 16.1. The van der Waals surface area contributed by atoms with Gasteiger partial charge in [0.2, 0.25) is 5.91 Å². The Bertz CT molecular complexity index is 817. The van der Waals surface area contributed by atoms with Crippen molar-refractivity contribution in [3.63, 3.8) is 0 Å². The van der Waals surface area contributed by atoms with E-state index in [1.54, 1.807) is 12.4 Å². The van der Waals surface area contributed by atoms with Crippen LogP contribution in [0.4, 0.5) is 5.82 Å². The fraction of sp³-hybridized carbons (Fsp3) is 0.524. The van der Waals surface area contributed by atoms with Crippen molar-refractivity contribution >= 4 is 11.7 Å². The summed E-state index contributed by atoms with van der Waals surface area (Å²) in [4.78, 5) is 28.2. The van der Waals surface area contributed by atoms with E-state index in [9.17, 15) is 4.79 Å². The van der Waals surface area contributed by atoms with Crippen LogP contribution in [-0.2, 0) is 4.79 Å². The van der Waals surface area contributed by atoms with E-state index in [-0.39, 0.29) is 12.0 Å². The lowest BCUT2D eigenvalue weighted by Gasteiger charge is -2.21. The lowest BCUT2D eigenvalue weighted by atomic mass is 10.1. The smallest absolute Gasteiger partial charge is 0.225 e. The van der Waals surface area contributed by atoms with Crippen LogP contribution in [-0.4, -0.2) is 44.9 Å². The van der Waals surface area contributed by atoms with E-state index in [2.05, 4.69) is 15.3 Å². The first-order valence-corrected chi connectivity index (χ1v) is 9.93. The van der Waals surface area contributed by atoms with E-state index in [1.165, 1.54) is 12.8 Å². The number of likely N-dealkylation sites (tertiary alicyclic amines) is 1. The van der Waals surface area contributed by atoms with Crippen LogP contribution in [0.5, 0.6) is 0 Å². The van der Waals surface area contributed by atoms with E-state index >= 15 is 0 Å². The zero-order chi connectivity index (χ0) is 18.8. The number of hydrogen-bond donors (Lipinski definition) is 1. The van der Waals surface area contributed by atoms with Gasteiger partial charge in [0, 0.05) is 54.3 Å². The molecule has 142 valence electrons. The van der Waals surface area contributed by atoms with E-state index in [0.717, 1.165) is 55.0 Å². The fourth-order valence-corrected chi connectivity index (χ4v) is 4.10. The number of aromatic nitrogens is 3. The lowest BCUT2D eigenvalue weighted by molar-refractivity contribution is -0.134. The SMILES string of the molecule is Cc1nc(-c2ccncc2)nc(NC2CCN(C(=O)C3CCCC3)C2)c1C. The van der Waals surface area contributed by atoms with Crippen molar-refractivity contribution in [2.45, 2.75) is 52.0 Å². The molecule has 2 aliphatic rings. The maximum Gasteiger partial charge on any atom is 0.225 e. The van der Waals surface area contributed by atoms with Gasteiger partial charge in [0.05, 0.1) is 0 Å². The quantitative estimate of drug-likeness (QED) is 0.900. The van der Waals surface area contributed by atoms with Crippen LogP contribution >= 0.6 is 0 Å². The molecule has 1 aliphatic carbocycles. The van der Waals surface area contributed by atoms with Crippen molar-refractivity contribution < 1.29 is 4.79 Å². The highest BCUT2D eigenvalue weighted by atomic mass is 16.2. The molecule has 2 fully saturated rings. The van der Waals surface area contributed by atoms with Gasteiger partial charge in [-0.25, -0.2) is 9.97 Å². The topological polar surface area (TPSA) is 71.0 Å². The van der Waals surface area contributed by atoms with Crippen LogP contribution in [0.15, 0.2) is 24.5 Å². The molecular weight excluding hydrogens is 338 g/mol. The molecule has 0 bridgehead atoms. The number of carbonyl (C=O) groups excluding carboxylic acids is 1. The summed E-state index contributed by atoms with van der Waals surface area (Å²) in [5, 5.41) is 3.57. The lowest BCUT2D eigenvalue weighted by Crippen LogP contribution is -2.35. The molecule has 2 aromatic heterocycles. The monoisotopic (exact) mass is 365 g/mol. The van der Waals surface area contributed by atoms with Crippen molar-refractivity contribution in [2.24, 2.45) is 5.92 Å². The number of anilines is 1. The summed E-state index contributed by atoms with van der Waals surface area (Å²) in [7, 11) is 0. The Morgan fingerprint density at radius 1 is 1.11 bits per heavy atom. The van der Waals surface area contributed by atoms with E-state index in [4.69, 9.17) is 4.98 Å². The molecule has 2 aromatic rings. The van der Waals surface area contributed by atoms with Crippen molar-refractivity contribution in [2.75, 3.05) is 18.4 Å². The van der Waals surface area contributed by atoms with Crippen LogP contribution < -0.4 is 5.32 Å². The number of nitrogens with zero attached hydrogens (tertiary/aromatic N) is 4. The van der Waals surface area contributed by atoms with Crippen molar-refractivity contribution in [1.82, 2.24) is 19.9 Å². The second-order valence-electron chi connectivity index (χ2n) is 7.74. The van der Waals surface area contributed by atoms with Gasteiger partial charge < -0.3 is 10.2 Å². The number of aryl methyl sites for hydroxylation is 1. The third-order valence-electron chi connectivity index (χ3n) is 5.87. The van der Waals surface area contributed by atoms with Gasteiger partial charge in [-0.3, -0.25) is 9.78 Å². The van der Waals surface area contributed by atoms with Crippen LogP contribution in [0, 0.1) is 19.8 Å². The third kappa shape index (κ3) is 3.80. The molecular formula is C21H27N5O. The number of hydrogen-bond acceptors (Lipinski definition) is 5. The normalized spacial score (nSPS) is 20.2. The largest absolute Gasteiger partial charge is 0.365 e. The average Bonchev–Trinajstić information content (AvgIpc) is 3.38. The molecule has 0 aromatic carbocycles. The first-order valence-electron chi connectivity index (χ1n) is 9.93. The van der Waals surface area contributed by atoms with Gasteiger partial charge in [0.1, 0.15) is 5.82 Å². The molecule has 1 unspecified atom stereocenters. The minimum absolute atomic E-state index is 0.244. The third-order valence-corrected chi connectivity index (χ3v) is 5.87. The molecule has 4 rings (SSSR count). The van der Waals surface area contributed by atoms with Gasteiger partial charge in [0.15, 0.2) is 5.82 Å². The number of amides is 1. The van der Waals surface area contributed by atoms with Crippen molar-refractivity contribution in [1.29, 1.82) is 0 Å². The fourth-order valence-electron chi connectivity index (χ4n) is 4.10. The molecule has 6 nitrogen and oxygen atoms in total. The summed E-state index contributed by atoms with van der Waals surface area (Å²) in [5.41, 5.74) is 2.99. The zero-order valence-corrected chi connectivity index (χ0v) is 16.1. The standard InChI is InChI=1S/C21H27N5O/c1-14-15(2)23-20(16-7-10-22-11-8-16)25-19(14)24-18-9-12-26(13-18)21(27)17-5-3-4-6-17/h7-8,10-11,17-18H,3-6,9,12-13H2,1-2H3,(H,23,24,25). The molecule has 1 amide bonds. The van der Waals surface area contributed by atoms with Crippen LogP contribution in [0.3, 0.4) is 0 Å². The van der Waals surface area contributed by atoms with Gasteiger partial charge in [-0.05, 0) is 45.2 Å². The summed E-state index contributed by atoms with van der Waals surface area (Å²) >= 11 is 0. The summed E-state index contributed by atoms with van der Waals surface area (Å²) in [6.45, 7) is 5.66. The average molecular weight is 365 g/mol. The van der Waals surface area contributed by atoms with Crippen molar-refractivity contribution in [3.05, 3.63) is 35.8 Å². The first kappa shape index (κ1) is 17.9. The Morgan fingerprint density at radius 2 is 1.85 bits per heavy atom. The van der Waals surface area contributed by atoms with Crippen LogP contribution in [0.2, 0.25) is 0 Å². The molecule has 1 aliphatic heterocycles. The molecule has 6 heteroatoms. The first-order chi connectivity index (χ1) is 13.1. The summed E-state index contributed by atoms with van der Waals surface area (Å²) in [5.74, 6) is 2.18. The summed E-state index contributed by atoms with van der Waals surface area (Å²) < 4.78 is 0. The highest BCUT2D eigenvalue weighted by molar-refractivity contribution is 5.79. The number of carbonyl (C=O) groups is 1. The molecule has 3 heterocycles. The molecule has 0 radical (unpaired) electrons. The van der Waals surface area contributed by atoms with E-state index < -0.39 is 0 Å². The Morgan fingerprint density at radius 3 is 2.59 bits per heavy atom. The Balaban J connectivity index is 1.48. The Labute approximate surface area is 160 Å². The highest BCUT2D eigenvalue weighted by Crippen LogP contribution is 2.29. The van der Waals surface area contributed by atoms with Crippen LogP contribution in [0.1, 0.15) is 43.4 Å². The molecule has 1 N–H and O–H groups in total. The highest BCUT2D eigenvalue weighted by Gasteiger charge is 2.32. The van der Waals surface area contributed by atoms with Gasteiger partial charge >= 0.3 is 0 Å². The summed E-state index contributed by atoms with van der Waals surface area (Å²) in [6, 6.07) is 4.09. The number of rotatable bonds is 4. The van der Waals surface area contributed by atoms with Gasteiger partial charge in [-0.1, -0.05) is 12.8 Å². The predicted molar refractivity (Wildman–Crippen MR) is 105 cm³/mol. The minimum Gasteiger partial charge on any atom is -0.365 e. The molecule has 1 atom stereocenters. The second kappa shape index (κ2) is 7.62. The van der Waals surface area contributed by atoms with E-state index in [0.29, 0.717) is 11.7 Å². The second-order valence-corrected chi connectivity index (χ2v) is 7.74. The molecule has 27 heavy (non-hydrogen) atoms. The molecule has 1 saturated heterocycles. The Kier molecular flexibility index (Phi) is 5.05. The maximum absolute atomic E-state index is 12.7. The predicted octanol–water partition coefficient (Wildman–Crippen LogP) is 3.36. The number of nitrogens with one attached hydrogen (secondary N) is 1. The number of pyridine rings is 1. The van der Waals surface area contributed by atoms with Gasteiger partial charge in [0.25, 0.3) is 0 Å². The maximum atomic E-state index is 12.7. The Hall–Kier alpha value is -2.50. The van der Waals surface area contributed by atoms with Crippen molar-refractivity contribution in [3.8, 4) is 11.4 Å². The van der Waals surface area contributed by atoms with Gasteiger partial charge in [-0.2, -0.15) is 0 Å². The van der Waals surface area contributed by atoms with Gasteiger partial charge in [-0.15, -0.1) is 0 Å². The molecule has 0 spiro atoms. The van der Waals surface area contributed by atoms with E-state index in [1.807, 2.05) is 30.9 Å². The van der Waals surface area contributed by atoms with Crippen LogP contribution in [0.25, 0.3) is 11.4 Å². The minimum atomic E-state index is 0.244. The summed E-state index contributed by atoms with van der Waals surface area (Å²) in [6.07, 6.45) is 8.99. The molecule has 1 saturated carbocycles.